The van der Waals surface area contributed by atoms with Gasteiger partial charge in [-0.1, -0.05) is 35.0 Å². The second-order valence-corrected chi connectivity index (χ2v) is 10.8. The largest absolute Gasteiger partial charge is 0.368 e. The molecule has 3 fully saturated rings. The zero-order chi connectivity index (χ0) is 18.5. The first-order valence-electron chi connectivity index (χ1n) is 8.19. The molecule has 0 spiro atoms. The third kappa shape index (κ3) is 3.62. The van der Waals surface area contributed by atoms with Crippen molar-refractivity contribution in [2.75, 3.05) is 23.0 Å². The predicted octanol–water partition coefficient (Wildman–Crippen LogP) is 2.77. The lowest BCUT2D eigenvalue weighted by atomic mass is 10.2. The molecule has 1 aromatic rings. The summed E-state index contributed by atoms with van der Waals surface area (Å²) < 4.78 is 29.6. The summed E-state index contributed by atoms with van der Waals surface area (Å²) >= 11 is 13.6. The molecule has 26 heavy (non-hydrogen) atoms. The molecule has 3 aliphatic rings. The number of hydrogen-bond donors (Lipinski definition) is 0. The van der Waals surface area contributed by atoms with Crippen molar-refractivity contribution >= 4 is 61.6 Å². The molecule has 0 bridgehead atoms. The molecule has 0 radical (unpaired) electrons. The second-order valence-electron chi connectivity index (χ2n) is 6.53. The van der Waals surface area contributed by atoms with Crippen molar-refractivity contribution in [2.45, 2.75) is 30.2 Å². The number of halogens is 2. The Bertz CT molecular complexity index is 864. The molecule has 1 amide bonds. The normalized spacial score (nSPS) is 31.5. The molecule has 6 nitrogen and oxygen atoms in total. The summed E-state index contributed by atoms with van der Waals surface area (Å²) in [5, 5.41) is 1.18. The molecular formula is C16H16Cl2N2O4S2. The van der Waals surface area contributed by atoms with E-state index in [0.29, 0.717) is 33.9 Å². The van der Waals surface area contributed by atoms with Gasteiger partial charge in [0, 0.05) is 27.6 Å². The fourth-order valence-electron chi connectivity index (χ4n) is 3.48. The van der Waals surface area contributed by atoms with E-state index in [4.69, 9.17) is 27.9 Å². The highest BCUT2D eigenvalue weighted by molar-refractivity contribution is 8.16. The number of anilines is 1. The number of fused-ring (bicyclic) bond motifs is 1. The van der Waals surface area contributed by atoms with Gasteiger partial charge >= 0.3 is 0 Å². The Kier molecular flexibility index (Phi) is 4.98. The zero-order valence-electron chi connectivity index (χ0n) is 13.6. The van der Waals surface area contributed by atoms with Crippen LogP contribution in [0, 0.1) is 0 Å². The summed E-state index contributed by atoms with van der Waals surface area (Å²) in [6, 6.07) is 4.71. The number of rotatable bonds is 2. The standard InChI is InChI=1S/C16H16Cl2N2O4S2/c17-9-4-10(18)6-11(5-9)20-12-7-26(22,23)8-14(12)25-16(20)19-15(21)13-2-1-3-24-13/h4-6,12-14H,1-3,7-8H2/t12-,13+,14-/m0/s1. The van der Waals surface area contributed by atoms with E-state index in [-0.39, 0.29) is 28.7 Å². The maximum absolute atomic E-state index is 12.4. The second kappa shape index (κ2) is 6.98. The first kappa shape index (κ1) is 18.6. The Morgan fingerprint density at radius 1 is 1.23 bits per heavy atom. The molecule has 3 aliphatic heterocycles. The number of amidine groups is 1. The number of hydrogen-bond acceptors (Lipinski definition) is 5. The number of carbonyl (C=O) groups is 1. The molecule has 3 heterocycles. The van der Waals surface area contributed by atoms with E-state index in [1.54, 1.807) is 23.1 Å². The molecule has 140 valence electrons. The van der Waals surface area contributed by atoms with Crippen LogP contribution in [0.3, 0.4) is 0 Å². The van der Waals surface area contributed by atoms with E-state index in [1.165, 1.54) is 11.8 Å². The average Bonchev–Trinajstić information content (AvgIpc) is 3.20. The first-order valence-corrected chi connectivity index (χ1v) is 11.6. The van der Waals surface area contributed by atoms with Crippen LogP contribution >= 0.6 is 35.0 Å². The van der Waals surface area contributed by atoms with Crippen LogP contribution < -0.4 is 4.90 Å². The van der Waals surface area contributed by atoms with Crippen LogP contribution in [-0.4, -0.2) is 55.0 Å². The molecule has 0 unspecified atom stereocenters. The van der Waals surface area contributed by atoms with Gasteiger partial charge in [-0.15, -0.1) is 0 Å². The van der Waals surface area contributed by atoms with Gasteiger partial charge in [-0.3, -0.25) is 4.79 Å². The van der Waals surface area contributed by atoms with Crippen molar-refractivity contribution in [3.8, 4) is 0 Å². The van der Waals surface area contributed by atoms with Gasteiger partial charge in [-0.05, 0) is 31.0 Å². The summed E-state index contributed by atoms with van der Waals surface area (Å²) in [6.45, 7) is 0.561. The van der Waals surface area contributed by atoms with Crippen molar-refractivity contribution in [1.29, 1.82) is 0 Å². The van der Waals surface area contributed by atoms with Gasteiger partial charge in [0.2, 0.25) is 0 Å². The Balaban J connectivity index is 1.72. The lowest BCUT2D eigenvalue weighted by molar-refractivity contribution is -0.126. The van der Waals surface area contributed by atoms with E-state index in [9.17, 15) is 13.2 Å². The molecule has 3 saturated heterocycles. The number of nitrogens with zero attached hydrogens (tertiary/aromatic N) is 2. The highest BCUT2D eigenvalue weighted by Crippen LogP contribution is 2.42. The Morgan fingerprint density at radius 2 is 1.96 bits per heavy atom. The number of sulfone groups is 1. The number of benzene rings is 1. The van der Waals surface area contributed by atoms with Gasteiger partial charge in [0.25, 0.3) is 5.91 Å². The smallest absolute Gasteiger partial charge is 0.277 e. The molecule has 10 heteroatoms. The first-order chi connectivity index (χ1) is 12.3. The van der Waals surface area contributed by atoms with Gasteiger partial charge < -0.3 is 9.64 Å². The van der Waals surface area contributed by atoms with Crippen molar-refractivity contribution < 1.29 is 17.9 Å². The van der Waals surface area contributed by atoms with E-state index in [1.807, 2.05) is 0 Å². The van der Waals surface area contributed by atoms with Crippen LogP contribution in [0.4, 0.5) is 5.69 Å². The monoisotopic (exact) mass is 434 g/mol. The topological polar surface area (TPSA) is 76.0 Å². The van der Waals surface area contributed by atoms with Crippen molar-refractivity contribution in [1.82, 2.24) is 0 Å². The SMILES string of the molecule is O=C(N=C1S[C@H]2CS(=O)(=O)C[C@@H]2N1c1cc(Cl)cc(Cl)c1)[C@H]1CCCO1. The van der Waals surface area contributed by atoms with E-state index in [0.717, 1.165) is 6.42 Å². The van der Waals surface area contributed by atoms with Crippen LogP contribution in [0.2, 0.25) is 10.0 Å². The van der Waals surface area contributed by atoms with Gasteiger partial charge in [-0.2, -0.15) is 4.99 Å². The summed E-state index contributed by atoms with van der Waals surface area (Å²) in [7, 11) is -3.13. The van der Waals surface area contributed by atoms with E-state index >= 15 is 0 Å². The van der Waals surface area contributed by atoms with Crippen LogP contribution in [0.1, 0.15) is 12.8 Å². The third-order valence-electron chi connectivity index (χ3n) is 4.60. The molecule has 3 atom stereocenters. The number of carbonyl (C=O) groups excluding carboxylic acids is 1. The molecule has 4 rings (SSSR count). The molecule has 0 aliphatic carbocycles. The van der Waals surface area contributed by atoms with Crippen molar-refractivity contribution in [3.63, 3.8) is 0 Å². The van der Waals surface area contributed by atoms with Crippen LogP contribution in [-0.2, 0) is 19.4 Å². The predicted molar refractivity (Wildman–Crippen MR) is 104 cm³/mol. The minimum Gasteiger partial charge on any atom is -0.368 e. The minimum atomic E-state index is -3.13. The number of thioether (sulfide) groups is 1. The summed E-state index contributed by atoms with van der Waals surface area (Å²) in [6.07, 6.45) is 0.979. The lowest BCUT2D eigenvalue weighted by Crippen LogP contribution is -2.38. The molecule has 0 saturated carbocycles. The zero-order valence-corrected chi connectivity index (χ0v) is 16.7. The lowest BCUT2D eigenvalue weighted by Gasteiger charge is -2.25. The number of aliphatic imine (C=N–C) groups is 1. The fourth-order valence-corrected chi connectivity index (χ4v) is 7.92. The van der Waals surface area contributed by atoms with Crippen LogP contribution in [0.5, 0.6) is 0 Å². The molecular weight excluding hydrogens is 419 g/mol. The molecule has 0 aromatic heterocycles. The summed E-state index contributed by atoms with van der Waals surface area (Å²) in [5.74, 6) is -0.242. The van der Waals surface area contributed by atoms with Gasteiger partial charge in [0.15, 0.2) is 15.0 Å². The van der Waals surface area contributed by atoms with Gasteiger partial charge in [-0.25, -0.2) is 8.42 Å². The van der Waals surface area contributed by atoms with Crippen molar-refractivity contribution in [3.05, 3.63) is 28.2 Å². The Morgan fingerprint density at radius 3 is 2.62 bits per heavy atom. The summed E-state index contributed by atoms with van der Waals surface area (Å²) in [5.41, 5.74) is 0.637. The number of amides is 1. The Labute approximate surface area is 165 Å². The number of ether oxygens (including phenoxy) is 1. The molecule has 0 N–H and O–H groups in total. The van der Waals surface area contributed by atoms with Crippen LogP contribution in [0.25, 0.3) is 0 Å². The third-order valence-corrected chi connectivity index (χ3v) is 8.25. The molecule has 1 aromatic carbocycles. The van der Waals surface area contributed by atoms with Crippen LogP contribution in [0.15, 0.2) is 23.2 Å². The van der Waals surface area contributed by atoms with E-state index < -0.39 is 15.9 Å². The highest BCUT2D eigenvalue weighted by atomic mass is 35.5. The van der Waals surface area contributed by atoms with Gasteiger partial charge in [0.05, 0.1) is 17.5 Å². The fraction of sp³-hybridized carbons (Fsp3) is 0.500. The van der Waals surface area contributed by atoms with Gasteiger partial charge in [0.1, 0.15) is 6.10 Å². The average molecular weight is 435 g/mol. The highest BCUT2D eigenvalue weighted by Gasteiger charge is 2.49. The maximum atomic E-state index is 12.4. The quantitative estimate of drug-likeness (QED) is 0.711. The minimum absolute atomic E-state index is 0.0158. The maximum Gasteiger partial charge on any atom is 0.277 e. The van der Waals surface area contributed by atoms with E-state index in [2.05, 4.69) is 4.99 Å². The Hall–Kier alpha value is -0.800. The van der Waals surface area contributed by atoms with Crippen molar-refractivity contribution in [2.24, 2.45) is 4.99 Å². The summed E-state index contributed by atoms with van der Waals surface area (Å²) in [4.78, 5) is 18.5.